The van der Waals surface area contributed by atoms with Gasteiger partial charge in [0, 0.05) is 16.8 Å². The van der Waals surface area contributed by atoms with Gasteiger partial charge in [-0.2, -0.15) is 0 Å². The second kappa shape index (κ2) is 6.29. The monoisotopic (exact) mass is 282 g/mol. The highest BCUT2D eigenvalue weighted by Gasteiger charge is 2.18. The first-order chi connectivity index (χ1) is 10.0. The van der Waals surface area contributed by atoms with E-state index in [0.29, 0.717) is 23.6 Å². The van der Waals surface area contributed by atoms with Crippen LogP contribution in [0.3, 0.4) is 0 Å². The Labute approximate surface area is 124 Å². The lowest BCUT2D eigenvalue weighted by Crippen LogP contribution is -2.13. The SMILES string of the molecule is Cc1oc(C)c(C(=O)Nc2cccc(C#CCN)c2)c1C. The lowest BCUT2D eigenvalue weighted by Gasteiger charge is -2.05. The molecule has 0 bridgehead atoms. The average Bonchev–Trinajstić information content (AvgIpc) is 2.70. The fraction of sp³-hybridized carbons (Fsp3) is 0.235. The maximum absolute atomic E-state index is 12.4. The lowest BCUT2D eigenvalue weighted by molar-refractivity contribution is 0.102. The third kappa shape index (κ3) is 3.33. The Kier molecular flexibility index (Phi) is 4.46. The molecule has 1 aromatic heterocycles. The number of carbonyl (C=O) groups excluding carboxylic acids is 1. The molecular formula is C17H18N2O2. The smallest absolute Gasteiger partial charge is 0.259 e. The molecule has 1 aromatic carbocycles. The number of aryl methyl sites for hydroxylation is 2. The molecule has 21 heavy (non-hydrogen) atoms. The summed E-state index contributed by atoms with van der Waals surface area (Å²) in [7, 11) is 0. The first-order valence-electron chi connectivity index (χ1n) is 6.70. The number of rotatable bonds is 2. The van der Waals surface area contributed by atoms with E-state index >= 15 is 0 Å². The molecule has 2 aromatic rings. The van der Waals surface area contributed by atoms with E-state index in [1.54, 1.807) is 6.92 Å². The van der Waals surface area contributed by atoms with E-state index in [1.807, 2.05) is 38.1 Å². The van der Waals surface area contributed by atoms with Crippen LogP contribution in [0.4, 0.5) is 5.69 Å². The minimum absolute atomic E-state index is 0.175. The molecule has 4 heteroatoms. The van der Waals surface area contributed by atoms with Gasteiger partial charge < -0.3 is 15.5 Å². The van der Waals surface area contributed by atoms with Crippen LogP contribution in [0.1, 0.15) is 33.0 Å². The molecule has 2 rings (SSSR count). The van der Waals surface area contributed by atoms with Crippen LogP contribution in [0, 0.1) is 32.6 Å². The fourth-order valence-corrected chi connectivity index (χ4v) is 2.15. The Hall–Kier alpha value is -2.51. The van der Waals surface area contributed by atoms with Crippen LogP contribution in [0.25, 0.3) is 0 Å². The molecule has 0 radical (unpaired) electrons. The van der Waals surface area contributed by atoms with Crippen molar-refractivity contribution < 1.29 is 9.21 Å². The maximum Gasteiger partial charge on any atom is 0.259 e. The van der Waals surface area contributed by atoms with Crippen molar-refractivity contribution in [2.75, 3.05) is 11.9 Å². The molecule has 0 unspecified atom stereocenters. The standard InChI is InChI=1S/C17H18N2O2/c1-11-12(2)21-13(3)16(11)17(20)19-15-8-4-6-14(10-15)7-5-9-18/h4,6,8,10H,9,18H2,1-3H3,(H,19,20). The van der Waals surface area contributed by atoms with Crippen LogP contribution >= 0.6 is 0 Å². The van der Waals surface area contributed by atoms with Crippen molar-refractivity contribution in [1.82, 2.24) is 0 Å². The maximum atomic E-state index is 12.4. The van der Waals surface area contributed by atoms with E-state index in [2.05, 4.69) is 17.2 Å². The molecular weight excluding hydrogens is 264 g/mol. The Morgan fingerprint density at radius 2 is 2.05 bits per heavy atom. The minimum atomic E-state index is -0.175. The normalized spacial score (nSPS) is 9.90. The van der Waals surface area contributed by atoms with Crippen molar-refractivity contribution in [2.45, 2.75) is 20.8 Å². The number of hydrogen-bond acceptors (Lipinski definition) is 3. The number of carbonyl (C=O) groups is 1. The average molecular weight is 282 g/mol. The molecule has 0 saturated carbocycles. The molecule has 108 valence electrons. The fourth-order valence-electron chi connectivity index (χ4n) is 2.15. The van der Waals surface area contributed by atoms with Crippen LogP contribution in [0.2, 0.25) is 0 Å². The van der Waals surface area contributed by atoms with Crippen molar-refractivity contribution in [2.24, 2.45) is 5.73 Å². The number of benzene rings is 1. The number of amides is 1. The predicted octanol–water partition coefficient (Wildman–Crippen LogP) is 2.77. The molecule has 0 saturated heterocycles. The molecule has 0 aliphatic carbocycles. The summed E-state index contributed by atoms with van der Waals surface area (Å²) in [5.41, 5.74) is 8.32. The van der Waals surface area contributed by atoms with Gasteiger partial charge in [-0.05, 0) is 39.0 Å². The second-order valence-electron chi connectivity index (χ2n) is 4.76. The van der Waals surface area contributed by atoms with Crippen LogP contribution in [-0.4, -0.2) is 12.5 Å². The molecule has 4 nitrogen and oxygen atoms in total. The third-order valence-electron chi connectivity index (χ3n) is 3.24. The highest BCUT2D eigenvalue weighted by atomic mass is 16.3. The Balaban J connectivity index is 2.24. The van der Waals surface area contributed by atoms with Crippen LogP contribution < -0.4 is 11.1 Å². The van der Waals surface area contributed by atoms with Gasteiger partial charge in [-0.1, -0.05) is 17.9 Å². The summed E-state index contributed by atoms with van der Waals surface area (Å²) in [5, 5.41) is 2.87. The quantitative estimate of drug-likeness (QED) is 0.832. The van der Waals surface area contributed by atoms with E-state index < -0.39 is 0 Å². The molecule has 1 heterocycles. The first-order valence-corrected chi connectivity index (χ1v) is 6.70. The summed E-state index contributed by atoms with van der Waals surface area (Å²) < 4.78 is 5.48. The van der Waals surface area contributed by atoms with Crippen molar-refractivity contribution in [1.29, 1.82) is 0 Å². The number of hydrogen-bond donors (Lipinski definition) is 2. The molecule has 0 fully saturated rings. The summed E-state index contributed by atoms with van der Waals surface area (Å²) >= 11 is 0. The van der Waals surface area contributed by atoms with Crippen LogP contribution in [0.5, 0.6) is 0 Å². The highest BCUT2D eigenvalue weighted by molar-refractivity contribution is 6.06. The van der Waals surface area contributed by atoms with Gasteiger partial charge in [0.25, 0.3) is 5.91 Å². The first kappa shape index (κ1) is 14.9. The van der Waals surface area contributed by atoms with Crippen molar-refractivity contribution in [3.05, 3.63) is 52.5 Å². The van der Waals surface area contributed by atoms with Gasteiger partial charge in [0.05, 0.1) is 12.1 Å². The lowest BCUT2D eigenvalue weighted by atomic mass is 10.1. The van der Waals surface area contributed by atoms with Gasteiger partial charge in [-0.3, -0.25) is 4.79 Å². The number of nitrogens with two attached hydrogens (primary N) is 1. The summed E-state index contributed by atoms with van der Waals surface area (Å²) in [4.78, 5) is 12.4. The van der Waals surface area contributed by atoms with E-state index in [9.17, 15) is 4.79 Å². The van der Waals surface area contributed by atoms with Crippen molar-refractivity contribution in [3.63, 3.8) is 0 Å². The van der Waals surface area contributed by atoms with Gasteiger partial charge in [0.2, 0.25) is 0 Å². The summed E-state index contributed by atoms with van der Waals surface area (Å²) in [6, 6.07) is 7.36. The van der Waals surface area contributed by atoms with Crippen LogP contribution in [-0.2, 0) is 0 Å². The summed E-state index contributed by atoms with van der Waals surface area (Å²) in [5.74, 6) is 6.94. The summed E-state index contributed by atoms with van der Waals surface area (Å²) in [6.07, 6.45) is 0. The number of furan rings is 1. The van der Waals surface area contributed by atoms with Gasteiger partial charge >= 0.3 is 0 Å². The van der Waals surface area contributed by atoms with E-state index in [4.69, 9.17) is 10.2 Å². The Morgan fingerprint density at radius 3 is 2.67 bits per heavy atom. The Bertz CT molecular complexity index is 733. The van der Waals surface area contributed by atoms with Gasteiger partial charge in [0.1, 0.15) is 11.5 Å². The molecule has 0 aliphatic rings. The molecule has 1 amide bonds. The highest BCUT2D eigenvalue weighted by Crippen LogP contribution is 2.22. The van der Waals surface area contributed by atoms with Gasteiger partial charge in [-0.25, -0.2) is 0 Å². The zero-order valence-electron chi connectivity index (χ0n) is 12.4. The Morgan fingerprint density at radius 1 is 1.29 bits per heavy atom. The molecule has 0 spiro atoms. The van der Waals surface area contributed by atoms with E-state index in [-0.39, 0.29) is 5.91 Å². The zero-order chi connectivity index (χ0) is 15.4. The van der Waals surface area contributed by atoms with E-state index in [0.717, 1.165) is 16.9 Å². The van der Waals surface area contributed by atoms with Crippen LogP contribution in [0.15, 0.2) is 28.7 Å². The molecule has 0 atom stereocenters. The van der Waals surface area contributed by atoms with E-state index in [1.165, 1.54) is 0 Å². The molecule has 0 aliphatic heterocycles. The number of anilines is 1. The number of nitrogens with one attached hydrogen (secondary N) is 1. The van der Waals surface area contributed by atoms with Crippen molar-refractivity contribution >= 4 is 11.6 Å². The predicted molar refractivity (Wildman–Crippen MR) is 83.2 cm³/mol. The topological polar surface area (TPSA) is 68.3 Å². The van der Waals surface area contributed by atoms with Crippen molar-refractivity contribution in [3.8, 4) is 11.8 Å². The van der Waals surface area contributed by atoms with Gasteiger partial charge in [-0.15, -0.1) is 0 Å². The minimum Gasteiger partial charge on any atom is -0.466 e. The zero-order valence-corrected chi connectivity index (χ0v) is 12.4. The largest absolute Gasteiger partial charge is 0.466 e. The third-order valence-corrected chi connectivity index (χ3v) is 3.24. The van der Waals surface area contributed by atoms with Gasteiger partial charge in [0.15, 0.2) is 0 Å². The second-order valence-corrected chi connectivity index (χ2v) is 4.76. The molecule has 3 N–H and O–H groups in total. The summed E-state index contributed by atoms with van der Waals surface area (Å²) in [6.45, 7) is 5.83.